The fourth-order valence-electron chi connectivity index (χ4n) is 0.868. The highest BCUT2D eigenvalue weighted by Gasteiger charge is 2.03. The van der Waals surface area contributed by atoms with E-state index in [0.29, 0.717) is 4.83 Å². The Balaban J connectivity index is 3.12. The number of rotatable bonds is 5. The summed E-state index contributed by atoms with van der Waals surface area (Å²) in [5.41, 5.74) is 0. The van der Waals surface area contributed by atoms with E-state index in [4.69, 9.17) is 0 Å². The number of alkyl halides is 2. The van der Waals surface area contributed by atoms with Crippen molar-refractivity contribution in [2.45, 2.75) is 49.2 Å². The highest BCUT2D eigenvalue weighted by molar-refractivity contribution is 9.09. The molecule has 10 heavy (non-hydrogen) atoms. The van der Waals surface area contributed by atoms with Crippen molar-refractivity contribution in [3.05, 3.63) is 0 Å². The zero-order chi connectivity index (χ0) is 7.98. The van der Waals surface area contributed by atoms with Crippen LogP contribution in [0.4, 0.5) is 0 Å². The van der Waals surface area contributed by atoms with Crippen molar-refractivity contribution in [1.82, 2.24) is 0 Å². The average molecular weight is 272 g/mol. The number of hydrogen-bond acceptors (Lipinski definition) is 0. The lowest BCUT2D eigenvalue weighted by Crippen LogP contribution is -2.00. The molecule has 0 amide bonds. The Morgan fingerprint density at radius 2 is 1.70 bits per heavy atom. The van der Waals surface area contributed by atoms with Gasteiger partial charge in [0.1, 0.15) is 0 Å². The van der Waals surface area contributed by atoms with Gasteiger partial charge in [-0.2, -0.15) is 0 Å². The van der Waals surface area contributed by atoms with Crippen molar-refractivity contribution < 1.29 is 0 Å². The van der Waals surface area contributed by atoms with Crippen LogP contribution >= 0.6 is 31.9 Å². The first kappa shape index (κ1) is 11.0. The van der Waals surface area contributed by atoms with Crippen molar-refractivity contribution in [3.8, 4) is 0 Å². The maximum absolute atomic E-state index is 3.65. The van der Waals surface area contributed by atoms with Gasteiger partial charge in [-0.15, -0.1) is 0 Å². The first-order valence-corrected chi connectivity index (χ1v) is 5.78. The van der Waals surface area contributed by atoms with Gasteiger partial charge in [0.2, 0.25) is 0 Å². The van der Waals surface area contributed by atoms with Crippen molar-refractivity contribution in [2.75, 3.05) is 0 Å². The van der Waals surface area contributed by atoms with Crippen LogP contribution in [0.5, 0.6) is 0 Å². The minimum Gasteiger partial charge on any atom is -0.0894 e. The van der Waals surface area contributed by atoms with Crippen LogP contribution in [0, 0.1) is 0 Å². The van der Waals surface area contributed by atoms with Gasteiger partial charge in [-0.25, -0.2) is 0 Å². The summed E-state index contributed by atoms with van der Waals surface area (Å²) in [4.78, 5) is 1.40. The van der Waals surface area contributed by atoms with Gasteiger partial charge < -0.3 is 0 Å². The molecule has 0 saturated heterocycles. The van der Waals surface area contributed by atoms with Gasteiger partial charge in [-0.3, -0.25) is 0 Å². The van der Waals surface area contributed by atoms with Crippen molar-refractivity contribution in [2.24, 2.45) is 0 Å². The van der Waals surface area contributed by atoms with Gasteiger partial charge >= 0.3 is 0 Å². The average Bonchev–Trinajstić information content (AvgIpc) is 1.85. The first-order chi connectivity index (χ1) is 4.66. The second-order valence-corrected chi connectivity index (χ2v) is 5.60. The Labute approximate surface area is 81.0 Å². The molecule has 0 aliphatic carbocycles. The highest BCUT2D eigenvalue weighted by atomic mass is 79.9. The Kier molecular flexibility index (Phi) is 7.30. The smallest absolute Gasteiger partial charge is 0.0146 e. The zero-order valence-electron chi connectivity index (χ0n) is 6.74. The lowest BCUT2D eigenvalue weighted by atomic mass is 10.1. The Morgan fingerprint density at radius 1 is 1.10 bits per heavy atom. The molecule has 0 N–H and O–H groups in total. The zero-order valence-corrected chi connectivity index (χ0v) is 9.91. The maximum atomic E-state index is 3.65. The van der Waals surface area contributed by atoms with Crippen LogP contribution in [0.15, 0.2) is 0 Å². The third-order valence-electron chi connectivity index (χ3n) is 1.48. The Hall–Kier alpha value is 0.960. The van der Waals surface area contributed by atoms with Crippen LogP contribution in [-0.2, 0) is 0 Å². The predicted octanol–water partition coefficient (Wildman–Crippen LogP) is 4.11. The summed E-state index contributed by atoms with van der Waals surface area (Å²) in [6.45, 7) is 4.43. The van der Waals surface area contributed by atoms with Crippen molar-refractivity contribution in [3.63, 3.8) is 0 Å². The standard InChI is InChI=1S/C8H16Br2/c1-3-4-8(10)6-5-7(2)9/h7-8H,3-6H2,1-2H3. The van der Waals surface area contributed by atoms with Gasteiger partial charge in [0.15, 0.2) is 0 Å². The largest absolute Gasteiger partial charge is 0.0894 e. The second-order valence-electron chi connectivity index (χ2n) is 2.74. The van der Waals surface area contributed by atoms with Crippen LogP contribution < -0.4 is 0 Å². The predicted molar refractivity (Wildman–Crippen MR) is 55.2 cm³/mol. The van der Waals surface area contributed by atoms with E-state index in [1.165, 1.54) is 25.7 Å². The molecule has 2 unspecified atom stereocenters. The van der Waals surface area contributed by atoms with E-state index >= 15 is 0 Å². The molecule has 2 atom stereocenters. The third-order valence-corrected chi connectivity index (χ3v) is 2.85. The fourth-order valence-corrected chi connectivity index (χ4v) is 1.85. The van der Waals surface area contributed by atoms with Crippen molar-refractivity contribution in [1.29, 1.82) is 0 Å². The van der Waals surface area contributed by atoms with E-state index in [1.54, 1.807) is 0 Å². The van der Waals surface area contributed by atoms with E-state index in [-0.39, 0.29) is 0 Å². The van der Waals surface area contributed by atoms with Crippen LogP contribution in [0.2, 0.25) is 0 Å². The monoisotopic (exact) mass is 270 g/mol. The molecule has 0 spiro atoms. The first-order valence-electron chi connectivity index (χ1n) is 3.95. The second kappa shape index (κ2) is 6.66. The molecular formula is C8H16Br2. The quantitative estimate of drug-likeness (QED) is 0.660. The van der Waals surface area contributed by atoms with Gasteiger partial charge in [0.25, 0.3) is 0 Å². The van der Waals surface area contributed by atoms with Gasteiger partial charge in [-0.05, 0) is 19.3 Å². The molecular weight excluding hydrogens is 256 g/mol. The minimum absolute atomic E-state index is 0.671. The minimum atomic E-state index is 0.671. The normalized spacial score (nSPS) is 16.8. The van der Waals surface area contributed by atoms with Crippen LogP contribution in [0.3, 0.4) is 0 Å². The summed E-state index contributed by atoms with van der Waals surface area (Å²) in [7, 11) is 0. The molecule has 0 fully saturated rings. The molecule has 0 aliphatic heterocycles. The van der Waals surface area contributed by atoms with Crippen molar-refractivity contribution >= 4 is 31.9 Å². The molecule has 0 nitrogen and oxygen atoms in total. The highest BCUT2D eigenvalue weighted by Crippen LogP contribution is 2.17. The summed E-state index contributed by atoms with van der Waals surface area (Å²) < 4.78 is 0. The topological polar surface area (TPSA) is 0 Å². The molecule has 0 aliphatic rings. The lowest BCUT2D eigenvalue weighted by Gasteiger charge is -2.08. The van der Waals surface area contributed by atoms with E-state index in [1.807, 2.05) is 0 Å². The molecule has 0 heterocycles. The van der Waals surface area contributed by atoms with E-state index in [9.17, 15) is 0 Å². The number of hydrogen-bond donors (Lipinski definition) is 0. The van der Waals surface area contributed by atoms with E-state index < -0.39 is 0 Å². The fraction of sp³-hybridized carbons (Fsp3) is 1.00. The molecule has 0 rings (SSSR count). The molecule has 2 heteroatoms. The third kappa shape index (κ3) is 7.07. The molecule has 0 radical (unpaired) electrons. The summed E-state index contributed by atoms with van der Waals surface area (Å²) in [6.07, 6.45) is 5.16. The van der Waals surface area contributed by atoms with Gasteiger partial charge in [0.05, 0.1) is 0 Å². The molecule has 0 bridgehead atoms. The maximum Gasteiger partial charge on any atom is 0.0146 e. The lowest BCUT2D eigenvalue weighted by molar-refractivity contribution is 0.656. The van der Waals surface area contributed by atoms with E-state index in [2.05, 4.69) is 45.7 Å². The van der Waals surface area contributed by atoms with Gasteiger partial charge in [0, 0.05) is 9.65 Å². The van der Waals surface area contributed by atoms with Gasteiger partial charge in [-0.1, -0.05) is 52.1 Å². The summed E-state index contributed by atoms with van der Waals surface area (Å²) >= 11 is 7.18. The molecule has 0 saturated carbocycles. The molecule has 62 valence electrons. The summed E-state index contributed by atoms with van der Waals surface area (Å²) in [6, 6.07) is 0. The van der Waals surface area contributed by atoms with Crippen LogP contribution in [0.25, 0.3) is 0 Å². The molecule has 0 aromatic heterocycles. The van der Waals surface area contributed by atoms with Crippen LogP contribution in [-0.4, -0.2) is 9.65 Å². The molecule has 0 aromatic rings. The van der Waals surface area contributed by atoms with Crippen LogP contribution in [0.1, 0.15) is 39.5 Å². The van der Waals surface area contributed by atoms with E-state index in [0.717, 1.165) is 4.83 Å². The molecule has 0 aromatic carbocycles. The number of halogens is 2. The summed E-state index contributed by atoms with van der Waals surface area (Å²) in [5.74, 6) is 0. The SMILES string of the molecule is CCCC(Br)CCC(C)Br. The Morgan fingerprint density at radius 3 is 2.10 bits per heavy atom. The Bertz CT molecular complexity index is 71.7. The summed E-state index contributed by atoms with van der Waals surface area (Å²) in [5, 5.41) is 0.